The Kier molecular flexibility index (Phi) is 4.14. The minimum Gasteiger partial charge on any atom is -0.480 e. The van der Waals surface area contributed by atoms with Crippen LogP contribution in [0.15, 0.2) is 27.8 Å². The molecule has 110 valence electrons. The molecule has 0 unspecified atom stereocenters. The van der Waals surface area contributed by atoms with Crippen LogP contribution in [0.4, 0.5) is 0 Å². The van der Waals surface area contributed by atoms with E-state index in [1.807, 2.05) is 0 Å². The molecule has 7 nitrogen and oxygen atoms in total. The Morgan fingerprint density at radius 1 is 1.55 bits per heavy atom. The number of carboxylic acids is 1. The van der Waals surface area contributed by atoms with Gasteiger partial charge in [-0.1, -0.05) is 0 Å². The summed E-state index contributed by atoms with van der Waals surface area (Å²) in [6.45, 7) is 1.48. The number of aromatic nitrogens is 1. The molecule has 1 aromatic heterocycles. The monoisotopic (exact) mass is 364 g/mol. The molecule has 20 heavy (non-hydrogen) atoms. The molecule has 1 N–H and O–H groups in total. The SMILES string of the molecule is CC1(OCC(=O)O)CN(S(=O)(=O)c2cncc(Br)c2)C1. The molecule has 0 saturated carbocycles. The molecule has 0 aliphatic carbocycles. The maximum Gasteiger partial charge on any atom is 0.329 e. The number of nitrogens with zero attached hydrogens (tertiary/aromatic N) is 2. The largest absolute Gasteiger partial charge is 0.480 e. The van der Waals surface area contributed by atoms with Gasteiger partial charge in [0.2, 0.25) is 10.0 Å². The lowest BCUT2D eigenvalue weighted by Gasteiger charge is -2.45. The van der Waals surface area contributed by atoms with Crippen LogP contribution in [0.5, 0.6) is 0 Å². The molecular formula is C11H13BrN2O5S. The first-order valence-electron chi connectivity index (χ1n) is 5.69. The molecule has 0 bridgehead atoms. The van der Waals surface area contributed by atoms with Crippen molar-refractivity contribution in [3.05, 3.63) is 22.9 Å². The van der Waals surface area contributed by atoms with Crippen molar-refractivity contribution >= 4 is 31.9 Å². The highest BCUT2D eigenvalue weighted by Crippen LogP contribution is 2.30. The van der Waals surface area contributed by atoms with Crippen molar-refractivity contribution < 1.29 is 23.1 Å². The van der Waals surface area contributed by atoms with Crippen molar-refractivity contribution in [2.45, 2.75) is 17.4 Å². The highest BCUT2D eigenvalue weighted by molar-refractivity contribution is 9.10. The van der Waals surface area contributed by atoms with Crippen LogP contribution in [0, 0.1) is 0 Å². The fourth-order valence-corrected chi connectivity index (χ4v) is 4.05. The summed E-state index contributed by atoms with van der Waals surface area (Å²) >= 11 is 3.17. The van der Waals surface area contributed by atoms with Gasteiger partial charge >= 0.3 is 5.97 Å². The van der Waals surface area contributed by atoms with Gasteiger partial charge in [0.1, 0.15) is 11.5 Å². The van der Waals surface area contributed by atoms with Gasteiger partial charge in [-0.2, -0.15) is 4.31 Å². The zero-order chi connectivity index (χ0) is 15.0. The smallest absolute Gasteiger partial charge is 0.329 e. The summed E-state index contributed by atoms with van der Waals surface area (Å²) in [6.07, 6.45) is 2.77. The summed E-state index contributed by atoms with van der Waals surface area (Å²) in [5.41, 5.74) is -0.759. The van der Waals surface area contributed by atoms with Crippen molar-refractivity contribution in [3.63, 3.8) is 0 Å². The van der Waals surface area contributed by atoms with Gasteiger partial charge in [0, 0.05) is 30.0 Å². The number of hydrogen-bond acceptors (Lipinski definition) is 5. The van der Waals surface area contributed by atoms with Crippen molar-refractivity contribution in [1.29, 1.82) is 0 Å². The summed E-state index contributed by atoms with van der Waals surface area (Å²) in [6, 6.07) is 1.47. The number of rotatable bonds is 5. The molecule has 1 aromatic rings. The van der Waals surface area contributed by atoms with Gasteiger partial charge in [-0.25, -0.2) is 13.2 Å². The Morgan fingerprint density at radius 3 is 2.75 bits per heavy atom. The van der Waals surface area contributed by atoms with E-state index in [1.165, 1.54) is 22.8 Å². The Balaban J connectivity index is 2.06. The molecule has 1 fully saturated rings. The normalized spacial score (nSPS) is 18.5. The van der Waals surface area contributed by atoms with Crippen molar-refractivity contribution in [3.8, 4) is 0 Å². The molecule has 1 saturated heterocycles. The quantitative estimate of drug-likeness (QED) is 0.826. The first-order valence-corrected chi connectivity index (χ1v) is 7.93. The molecule has 0 amide bonds. The number of carbonyl (C=O) groups is 1. The molecular weight excluding hydrogens is 352 g/mol. The first-order chi connectivity index (χ1) is 9.23. The van der Waals surface area contributed by atoms with E-state index < -0.39 is 28.2 Å². The van der Waals surface area contributed by atoms with Crippen LogP contribution in [-0.4, -0.2) is 54.1 Å². The second kappa shape index (κ2) is 5.40. The number of sulfonamides is 1. The van der Waals surface area contributed by atoms with Gasteiger partial charge in [0.05, 0.1) is 5.60 Å². The minimum absolute atomic E-state index is 0.0900. The van der Waals surface area contributed by atoms with E-state index in [0.29, 0.717) is 4.47 Å². The second-order valence-corrected chi connectivity index (χ2v) is 7.60. The molecule has 1 aliphatic heterocycles. The van der Waals surface area contributed by atoms with Crippen LogP contribution in [0.1, 0.15) is 6.92 Å². The molecule has 0 radical (unpaired) electrons. The molecule has 0 atom stereocenters. The van der Waals surface area contributed by atoms with Crippen LogP contribution in [0.3, 0.4) is 0 Å². The number of hydrogen-bond donors (Lipinski definition) is 1. The summed E-state index contributed by atoms with van der Waals surface area (Å²) < 4.78 is 31.6. The average Bonchev–Trinajstić information content (AvgIpc) is 2.33. The number of aliphatic carboxylic acids is 1. The van der Waals surface area contributed by atoms with Crippen LogP contribution < -0.4 is 0 Å². The van der Waals surface area contributed by atoms with E-state index in [0.717, 1.165) is 0 Å². The minimum atomic E-state index is -3.62. The van der Waals surface area contributed by atoms with E-state index in [2.05, 4.69) is 20.9 Å². The highest BCUT2D eigenvalue weighted by atomic mass is 79.9. The van der Waals surface area contributed by atoms with Gasteiger partial charge < -0.3 is 9.84 Å². The Labute approximate surface area is 124 Å². The fraction of sp³-hybridized carbons (Fsp3) is 0.455. The third-order valence-corrected chi connectivity index (χ3v) is 5.07. The standard InChI is InChI=1S/C11H13BrN2O5S/c1-11(19-5-10(15)16)6-14(7-11)20(17,18)9-2-8(12)3-13-4-9/h2-4H,5-7H2,1H3,(H,15,16). The molecule has 1 aliphatic rings. The van der Waals surface area contributed by atoms with E-state index in [-0.39, 0.29) is 18.0 Å². The molecule has 2 rings (SSSR count). The third kappa shape index (κ3) is 3.17. The number of carboxylic acid groups (broad SMARTS) is 1. The van der Waals surface area contributed by atoms with Crippen LogP contribution in [0.25, 0.3) is 0 Å². The summed E-state index contributed by atoms with van der Waals surface area (Å²) in [5, 5.41) is 8.56. The average molecular weight is 365 g/mol. The lowest BCUT2D eigenvalue weighted by atomic mass is 10.0. The molecule has 0 aromatic carbocycles. The Bertz CT molecular complexity index is 627. The van der Waals surface area contributed by atoms with Gasteiger partial charge in [-0.3, -0.25) is 4.98 Å². The number of pyridine rings is 1. The highest BCUT2D eigenvalue weighted by Gasteiger charge is 2.46. The lowest BCUT2D eigenvalue weighted by molar-refractivity contribution is -0.157. The summed E-state index contributed by atoms with van der Waals surface area (Å²) in [7, 11) is -3.62. The molecule has 2 heterocycles. The zero-order valence-electron chi connectivity index (χ0n) is 10.6. The summed E-state index contributed by atoms with van der Waals surface area (Å²) in [5.74, 6) is -1.08. The van der Waals surface area contributed by atoms with E-state index in [4.69, 9.17) is 9.84 Å². The van der Waals surface area contributed by atoms with Crippen LogP contribution >= 0.6 is 15.9 Å². The van der Waals surface area contributed by atoms with Crippen LogP contribution in [-0.2, 0) is 19.6 Å². The maximum absolute atomic E-state index is 12.3. The first kappa shape index (κ1) is 15.4. The van der Waals surface area contributed by atoms with Gasteiger partial charge in [-0.15, -0.1) is 0 Å². The van der Waals surface area contributed by atoms with E-state index in [1.54, 1.807) is 6.92 Å². The lowest BCUT2D eigenvalue weighted by Crippen LogP contribution is -2.63. The van der Waals surface area contributed by atoms with E-state index in [9.17, 15) is 13.2 Å². The maximum atomic E-state index is 12.3. The zero-order valence-corrected chi connectivity index (χ0v) is 13.0. The molecule has 9 heteroatoms. The van der Waals surface area contributed by atoms with Crippen molar-refractivity contribution in [1.82, 2.24) is 9.29 Å². The predicted octanol–water partition coefficient (Wildman–Crippen LogP) is 0.708. The van der Waals surface area contributed by atoms with E-state index >= 15 is 0 Å². The topological polar surface area (TPSA) is 96.8 Å². The Hall–Kier alpha value is -1.03. The fourth-order valence-electron chi connectivity index (χ4n) is 1.88. The third-order valence-electron chi connectivity index (χ3n) is 2.88. The summed E-state index contributed by atoms with van der Waals surface area (Å²) in [4.78, 5) is 14.4. The van der Waals surface area contributed by atoms with Gasteiger partial charge in [-0.05, 0) is 28.9 Å². The van der Waals surface area contributed by atoms with Gasteiger partial charge in [0.15, 0.2) is 0 Å². The van der Waals surface area contributed by atoms with Crippen molar-refractivity contribution in [2.75, 3.05) is 19.7 Å². The molecule has 0 spiro atoms. The van der Waals surface area contributed by atoms with Crippen molar-refractivity contribution in [2.24, 2.45) is 0 Å². The number of halogens is 1. The number of ether oxygens (including phenoxy) is 1. The van der Waals surface area contributed by atoms with Crippen LogP contribution in [0.2, 0.25) is 0 Å². The second-order valence-electron chi connectivity index (χ2n) is 4.74. The van der Waals surface area contributed by atoms with Gasteiger partial charge in [0.25, 0.3) is 0 Å². The Morgan fingerprint density at radius 2 is 2.20 bits per heavy atom. The predicted molar refractivity (Wildman–Crippen MR) is 72.7 cm³/mol.